The van der Waals surface area contributed by atoms with Crippen molar-refractivity contribution < 1.29 is 69.0 Å². The van der Waals surface area contributed by atoms with E-state index in [4.69, 9.17) is 28.1 Å². The number of ether oxygens (including phenoxy) is 5. The van der Waals surface area contributed by atoms with E-state index in [0.717, 1.165) is 12.1 Å². The van der Waals surface area contributed by atoms with E-state index < -0.39 is 79.2 Å². The molecule has 0 aliphatic carbocycles. The lowest BCUT2D eigenvalue weighted by Crippen LogP contribution is -2.64. The summed E-state index contributed by atoms with van der Waals surface area (Å²) in [6, 6.07) is 4.64. The third-order valence-electron chi connectivity index (χ3n) is 7.19. The van der Waals surface area contributed by atoms with Gasteiger partial charge >= 0.3 is 0 Å². The maximum Gasteiger partial charge on any atom is 0.229 e. The van der Waals surface area contributed by atoms with Crippen LogP contribution in [0.2, 0.25) is 0 Å². The van der Waals surface area contributed by atoms with Crippen LogP contribution < -0.4 is 14.9 Å². The highest BCUT2D eigenvalue weighted by molar-refractivity contribution is 5.94. The first-order chi connectivity index (χ1) is 19.4. The SMILES string of the molecule is COc1cc2c(=O)c3c(O)cc(O)cc3oc2cc1O[C@@H]1O[C@H](CO)[C@@H](O)[C@H](O)[C@H]1O[C@@H]1O[C@@H](C)[C@H](O)[C@@H](O)[C@H]1O. The van der Waals surface area contributed by atoms with Crippen LogP contribution in [0.1, 0.15) is 6.92 Å². The number of phenolic OH excluding ortho intramolecular Hbond substituents is 2. The average Bonchev–Trinajstić information content (AvgIpc) is 2.93. The number of hydrogen-bond acceptors (Lipinski definition) is 15. The van der Waals surface area contributed by atoms with Crippen molar-refractivity contribution in [3.63, 3.8) is 0 Å². The van der Waals surface area contributed by atoms with Crippen molar-refractivity contribution in [1.82, 2.24) is 0 Å². The molecule has 0 amide bonds. The zero-order valence-electron chi connectivity index (χ0n) is 21.7. The third kappa shape index (κ3) is 5.16. The Labute approximate surface area is 230 Å². The number of aromatic hydroxyl groups is 2. The molecule has 0 radical (unpaired) electrons. The predicted molar refractivity (Wildman–Crippen MR) is 135 cm³/mol. The Balaban J connectivity index is 1.53. The van der Waals surface area contributed by atoms with Gasteiger partial charge in [-0.3, -0.25) is 4.79 Å². The van der Waals surface area contributed by atoms with Crippen molar-refractivity contribution in [2.45, 2.75) is 68.3 Å². The molecule has 15 heteroatoms. The van der Waals surface area contributed by atoms with Crippen molar-refractivity contribution in [1.29, 1.82) is 0 Å². The highest BCUT2D eigenvalue weighted by Crippen LogP contribution is 2.38. The lowest BCUT2D eigenvalue weighted by molar-refractivity contribution is -0.354. The van der Waals surface area contributed by atoms with Crippen molar-refractivity contribution in [2.24, 2.45) is 0 Å². The molecule has 3 heterocycles. The minimum atomic E-state index is -1.76. The zero-order valence-corrected chi connectivity index (χ0v) is 21.7. The van der Waals surface area contributed by atoms with Crippen LogP contribution in [0.25, 0.3) is 21.9 Å². The van der Waals surface area contributed by atoms with Gasteiger partial charge < -0.3 is 69.0 Å². The van der Waals surface area contributed by atoms with Gasteiger partial charge in [0, 0.05) is 18.2 Å². The number of aliphatic hydroxyl groups is 6. The molecule has 15 nitrogen and oxygen atoms in total. The van der Waals surface area contributed by atoms with Gasteiger partial charge in [-0.1, -0.05) is 0 Å². The van der Waals surface area contributed by atoms with E-state index in [1.807, 2.05) is 0 Å². The Morgan fingerprint density at radius 2 is 1.56 bits per heavy atom. The fourth-order valence-electron chi connectivity index (χ4n) is 4.91. The molecule has 0 spiro atoms. The second-order valence-corrected chi connectivity index (χ2v) is 9.88. The molecule has 2 fully saturated rings. The molecule has 2 saturated heterocycles. The van der Waals surface area contributed by atoms with Crippen molar-refractivity contribution in [3.05, 3.63) is 34.5 Å². The maximum absolute atomic E-state index is 13.1. The molecule has 10 atom stereocenters. The van der Waals surface area contributed by atoms with Gasteiger partial charge in [-0.2, -0.15) is 0 Å². The zero-order chi connectivity index (χ0) is 29.7. The van der Waals surface area contributed by atoms with Gasteiger partial charge in [0.2, 0.25) is 11.7 Å². The standard InChI is InChI=1S/C26H30O15/c1-8-18(30)21(33)23(35)25(37-8)41-24-22(34)20(32)16(7-27)40-26(24)39-14-6-12-10(5-13(14)36-2)19(31)17-11(29)3-9(28)4-15(17)38-12/h3-6,8,16,18,20-30,32-35H,7H2,1-2H3/t8-,16+,18-,20+,21+,22-,23+,24+,25-,26+/m0/s1. The summed E-state index contributed by atoms with van der Waals surface area (Å²) in [5, 5.41) is 81.4. The van der Waals surface area contributed by atoms with Crippen LogP contribution >= 0.6 is 0 Å². The lowest BCUT2D eigenvalue weighted by atomic mass is 9.97. The molecule has 8 N–H and O–H groups in total. The van der Waals surface area contributed by atoms with Gasteiger partial charge in [0.15, 0.2) is 23.9 Å². The molecule has 224 valence electrons. The molecular weight excluding hydrogens is 552 g/mol. The minimum Gasteiger partial charge on any atom is -0.508 e. The first kappa shape index (κ1) is 29.2. The Bertz CT molecular complexity index is 1470. The molecule has 0 bridgehead atoms. The molecule has 5 rings (SSSR count). The van der Waals surface area contributed by atoms with Gasteiger partial charge in [0.1, 0.15) is 64.7 Å². The molecule has 1 aromatic heterocycles. The number of phenols is 2. The molecule has 0 saturated carbocycles. The summed E-state index contributed by atoms with van der Waals surface area (Å²) in [7, 11) is 1.28. The van der Waals surface area contributed by atoms with Gasteiger partial charge in [-0.15, -0.1) is 0 Å². The molecule has 41 heavy (non-hydrogen) atoms. The average molecular weight is 583 g/mol. The first-order valence-electron chi connectivity index (χ1n) is 12.6. The second-order valence-electron chi connectivity index (χ2n) is 9.88. The van der Waals surface area contributed by atoms with Crippen LogP contribution in [0.5, 0.6) is 23.0 Å². The fourth-order valence-corrected chi connectivity index (χ4v) is 4.91. The number of hydrogen-bond donors (Lipinski definition) is 8. The normalized spacial score (nSPS) is 34.1. The maximum atomic E-state index is 13.1. The summed E-state index contributed by atoms with van der Waals surface area (Å²) < 4.78 is 33.8. The Morgan fingerprint density at radius 1 is 0.829 bits per heavy atom. The van der Waals surface area contributed by atoms with E-state index >= 15 is 0 Å². The van der Waals surface area contributed by atoms with Gasteiger partial charge in [-0.05, 0) is 13.0 Å². The Kier molecular flexibility index (Phi) is 7.99. The predicted octanol–water partition coefficient (Wildman–Crippen LogP) is -1.60. The smallest absolute Gasteiger partial charge is 0.229 e. The highest BCUT2D eigenvalue weighted by Gasteiger charge is 2.51. The summed E-state index contributed by atoms with van der Waals surface area (Å²) in [5.41, 5.74) is -0.799. The summed E-state index contributed by atoms with van der Waals surface area (Å²) in [4.78, 5) is 13.1. The summed E-state index contributed by atoms with van der Waals surface area (Å²) in [6.07, 6.45) is -15.4. The van der Waals surface area contributed by atoms with Crippen molar-refractivity contribution >= 4 is 21.9 Å². The van der Waals surface area contributed by atoms with E-state index in [-0.39, 0.29) is 39.2 Å². The molecule has 2 aliphatic rings. The van der Waals surface area contributed by atoms with E-state index in [2.05, 4.69) is 0 Å². The molecule has 2 aromatic carbocycles. The Morgan fingerprint density at radius 3 is 2.24 bits per heavy atom. The van der Waals surface area contributed by atoms with Crippen LogP contribution in [-0.4, -0.2) is 116 Å². The minimum absolute atomic E-state index is 0.0102. The number of rotatable bonds is 6. The monoisotopic (exact) mass is 582 g/mol. The van der Waals surface area contributed by atoms with E-state index in [1.54, 1.807) is 0 Å². The fraction of sp³-hybridized carbons (Fsp3) is 0.500. The number of fused-ring (bicyclic) bond motifs is 2. The summed E-state index contributed by atoms with van der Waals surface area (Å²) >= 11 is 0. The first-order valence-corrected chi connectivity index (χ1v) is 12.6. The van der Waals surface area contributed by atoms with Crippen LogP contribution in [0.15, 0.2) is 33.5 Å². The van der Waals surface area contributed by atoms with E-state index in [0.29, 0.717) is 0 Å². The van der Waals surface area contributed by atoms with Gasteiger partial charge in [-0.25, -0.2) is 0 Å². The summed E-state index contributed by atoms with van der Waals surface area (Å²) in [6.45, 7) is 0.698. The third-order valence-corrected chi connectivity index (χ3v) is 7.19. The van der Waals surface area contributed by atoms with Crippen LogP contribution in [0, 0.1) is 0 Å². The topological polar surface area (TPSA) is 238 Å². The largest absolute Gasteiger partial charge is 0.508 e. The molecule has 2 aliphatic heterocycles. The van der Waals surface area contributed by atoms with Crippen LogP contribution in [0.3, 0.4) is 0 Å². The van der Waals surface area contributed by atoms with E-state index in [1.165, 1.54) is 26.2 Å². The van der Waals surface area contributed by atoms with E-state index in [9.17, 15) is 45.6 Å². The lowest BCUT2D eigenvalue weighted by Gasteiger charge is -2.45. The van der Waals surface area contributed by atoms with Crippen LogP contribution in [0.4, 0.5) is 0 Å². The number of aliphatic hydroxyl groups excluding tert-OH is 6. The van der Waals surface area contributed by atoms with Crippen molar-refractivity contribution in [2.75, 3.05) is 13.7 Å². The van der Waals surface area contributed by atoms with Gasteiger partial charge in [0.25, 0.3) is 0 Å². The number of methoxy groups -OCH3 is 1. The highest BCUT2D eigenvalue weighted by atomic mass is 16.8. The molecular formula is C26H30O15. The number of benzene rings is 2. The quantitative estimate of drug-likeness (QED) is 0.153. The van der Waals surface area contributed by atoms with Crippen molar-refractivity contribution in [3.8, 4) is 23.0 Å². The Hall–Kier alpha value is -3.25. The molecule has 0 unspecified atom stereocenters. The molecule has 3 aromatic rings. The van der Waals surface area contributed by atoms with Gasteiger partial charge in [0.05, 0.1) is 25.2 Å². The summed E-state index contributed by atoms with van der Waals surface area (Å²) in [5.74, 6) is -0.973. The second kappa shape index (κ2) is 11.2. The van der Waals surface area contributed by atoms with Crippen LogP contribution in [-0.2, 0) is 14.2 Å².